The Kier molecular flexibility index (Phi) is 6.64. The van der Waals surface area contributed by atoms with E-state index in [0.29, 0.717) is 23.0 Å². The third kappa shape index (κ3) is 5.35. The SMILES string of the molecule is CC(C)Oc1cncc(-c2ccc(N)c(C(=O)Nc3cnccc3N3CCCC(N)C3)n2)n1. The quantitative estimate of drug-likeness (QED) is 0.517. The zero-order valence-corrected chi connectivity index (χ0v) is 18.7. The van der Waals surface area contributed by atoms with Gasteiger partial charge in [-0.05, 0) is 44.9 Å². The molecule has 1 aliphatic heterocycles. The average Bonchev–Trinajstić information content (AvgIpc) is 2.79. The van der Waals surface area contributed by atoms with E-state index in [-0.39, 0.29) is 23.5 Å². The fourth-order valence-electron chi connectivity index (χ4n) is 3.73. The summed E-state index contributed by atoms with van der Waals surface area (Å²) in [4.78, 5) is 32.5. The fourth-order valence-corrected chi connectivity index (χ4v) is 3.73. The summed E-state index contributed by atoms with van der Waals surface area (Å²) in [6.07, 6.45) is 8.35. The van der Waals surface area contributed by atoms with Gasteiger partial charge in [-0.3, -0.25) is 14.8 Å². The van der Waals surface area contributed by atoms with Gasteiger partial charge in [-0.15, -0.1) is 0 Å². The van der Waals surface area contributed by atoms with Crippen LogP contribution in [0.25, 0.3) is 11.4 Å². The van der Waals surface area contributed by atoms with E-state index in [4.69, 9.17) is 16.2 Å². The molecule has 4 heterocycles. The number of hydrogen-bond donors (Lipinski definition) is 3. The maximum Gasteiger partial charge on any atom is 0.276 e. The predicted octanol–water partition coefficient (Wildman–Crippen LogP) is 2.48. The molecule has 10 heteroatoms. The molecule has 1 unspecified atom stereocenters. The highest BCUT2D eigenvalue weighted by molar-refractivity contribution is 6.07. The second-order valence-electron chi connectivity index (χ2n) is 8.24. The lowest BCUT2D eigenvalue weighted by atomic mass is 10.1. The van der Waals surface area contributed by atoms with Gasteiger partial charge < -0.3 is 26.4 Å². The first-order valence-electron chi connectivity index (χ1n) is 10.9. The van der Waals surface area contributed by atoms with Crippen LogP contribution in [0.1, 0.15) is 37.2 Å². The van der Waals surface area contributed by atoms with Crippen LogP contribution in [0.2, 0.25) is 0 Å². The van der Waals surface area contributed by atoms with E-state index >= 15 is 0 Å². The largest absolute Gasteiger partial charge is 0.474 e. The van der Waals surface area contributed by atoms with Crippen LogP contribution >= 0.6 is 0 Å². The Bertz CT molecular complexity index is 1140. The Morgan fingerprint density at radius 2 is 2.00 bits per heavy atom. The van der Waals surface area contributed by atoms with Gasteiger partial charge in [-0.1, -0.05) is 0 Å². The molecule has 0 radical (unpaired) electrons. The molecule has 1 fully saturated rings. The number of nitrogen functional groups attached to an aromatic ring is 1. The highest BCUT2D eigenvalue weighted by Crippen LogP contribution is 2.28. The number of carbonyl (C=O) groups excluding carboxylic acids is 1. The van der Waals surface area contributed by atoms with E-state index in [9.17, 15) is 4.79 Å². The maximum absolute atomic E-state index is 13.1. The van der Waals surface area contributed by atoms with Crippen LogP contribution in [-0.2, 0) is 0 Å². The summed E-state index contributed by atoms with van der Waals surface area (Å²) in [5.41, 5.74) is 15.0. The molecule has 1 aliphatic rings. The van der Waals surface area contributed by atoms with Crippen molar-refractivity contribution in [2.24, 2.45) is 5.73 Å². The highest BCUT2D eigenvalue weighted by atomic mass is 16.5. The molecule has 0 saturated carbocycles. The number of ether oxygens (including phenoxy) is 1. The summed E-state index contributed by atoms with van der Waals surface area (Å²) in [5, 5.41) is 2.91. The summed E-state index contributed by atoms with van der Waals surface area (Å²) in [6, 6.07) is 5.29. The normalized spacial score (nSPS) is 16.0. The molecule has 0 aliphatic carbocycles. The van der Waals surface area contributed by atoms with Gasteiger partial charge in [-0.25, -0.2) is 9.97 Å². The van der Waals surface area contributed by atoms with Crippen molar-refractivity contribution < 1.29 is 9.53 Å². The van der Waals surface area contributed by atoms with Crippen molar-refractivity contribution in [3.63, 3.8) is 0 Å². The summed E-state index contributed by atoms with van der Waals surface area (Å²) < 4.78 is 5.61. The van der Waals surface area contributed by atoms with Crippen LogP contribution in [0.3, 0.4) is 0 Å². The predicted molar refractivity (Wildman–Crippen MR) is 127 cm³/mol. The van der Waals surface area contributed by atoms with Crippen LogP contribution in [0.5, 0.6) is 5.88 Å². The molecule has 3 aromatic heterocycles. The number of anilines is 3. The lowest BCUT2D eigenvalue weighted by Gasteiger charge is -2.33. The highest BCUT2D eigenvalue weighted by Gasteiger charge is 2.21. The average molecular weight is 449 g/mol. The molecular weight excluding hydrogens is 420 g/mol. The van der Waals surface area contributed by atoms with E-state index in [1.165, 1.54) is 6.20 Å². The molecule has 0 aromatic carbocycles. The van der Waals surface area contributed by atoms with Crippen molar-refractivity contribution in [1.29, 1.82) is 0 Å². The molecule has 0 bridgehead atoms. The Morgan fingerprint density at radius 1 is 1.15 bits per heavy atom. The minimum absolute atomic E-state index is 0.0432. The van der Waals surface area contributed by atoms with E-state index in [2.05, 4.69) is 30.2 Å². The minimum atomic E-state index is -0.438. The minimum Gasteiger partial charge on any atom is -0.474 e. The second-order valence-corrected chi connectivity index (χ2v) is 8.24. The maximum atomic E-state index is 13.1. The van der Waals surface area contributed by atoms with Gasteiger partial charge in [0.2, 0.25) is 5.88 Å². The second kappa shape index (κ2) is 9.78. The molecule has 1 atom stereocenters. The standard InChI is InChI=1S/C23H28N8O2/c1-14(2)33-21-12-27-10-18(28-21)17-6-5-16(25)22(29-17)23(32)30-19-11-26-8-7-20(19)31-9-3-4-15(24)13-31/h5-8,10-12,14-15H,3-4,9,13,24-25H2,1-2H3,(H,30,32). The number of nitrogens with zero attached hydrogens (tertiary/aromatic N) is 5. The van der Waals surface area contributed by atoms with Crippen molar-refractivity contribution in [2.75, 3.05) is 29.0 Å². The first-order chi connectivity index (χ1) is 15.9. The first-order valence-corrected chi connectivity index (χ1v) is 10.9. The summed E-state index contributed by atoms with van der Waals surface area (Å²) >= 11 is 0. The Labute approximate surface area is 192 Å². The van der Waals surface area contributed by atoms with E-state index in [0.717, 1.165) is 31.6 Å². The molecule has 4 rings (SSSR count). The molecule has 5 N–H and O–H groups in total. The number of aromatic nitrogens is 4. The summed E-state index contributed by atoms with van der Waals surface area (Å²) in [6.45, 7) is 5.39. The molecular formula is C23H28N8O2. The fraction of sp³-hybridized carbons (Fsp3) is 0.348. The lowest BCUT2D eigenvalue weighted by Crippen LogP contribution is -2.43. The van der Waals surface area contributed by atoms with Crippen molar-refractivity contribution in [3.8, 4) is 17.3 Å². The Hall–Kier alpha value is -3.79. The number of hydrogen-bond acceptors (Lipinski definition) is 9. The van der Waals surface area contributed by atoms with Gasteiger partial charge in [0.05, 0.1) is 47.5 Å². The van der Waals surface area contributed by atoms with Crippen LogP contribution in [0.15, 0.2) is 43.0 Å². The monoisotopic (exact) mass is 448 g/mol. The van der Waals surface area contributed by atoms with Gasteiger partial charge in [-0.2, -0.15) is 0 Å². The van der Waals surface area contributed by atoms with E-state index in [1.54, 1.807) is 30.7 Å². The van der Waals surface area contributed by atoms with Crippen LogP contribution in [0.4, 0.5) is 17.1 Å². The number of carbonyl (C=O) groups is 1. The number of amides is 1. The zero-order valence-electron chi connectivity index (χ0n) is 18.7. The summed E-state index contributed by atoms with van der Waals surface area (Å²) in [7, 11) is 0. The van der Waals surface area contributed by atoms with Gasteiger partial charge >= 0.3 is 0 Å². The molecule has 3 aromatic rings. The van der Waals surface area contributed by atoms with Crippen molar-refractivity contribution >= 4 is 23.0 Å². The van der Waals surface area contributed by atoms with Crippen LogP contribution < -0.4 is 26.4 Å². The Morgan fingerprint density at radius 3 is 2.79 bits per heavy atom. The molecule has 10 nitrogen and oxygen atoms in total. The molecule has 0 spiro atoms. The van der Waals surface area contributed by atoms with E-state index in [1.807, 2.05) is 19.9 Å². The van der Waals surface area contributed by atoms with Gasteiger partial charge in [0, 0.05) is 25.3 Å². The third-order valence-corrected chi connectivity index (χ3v) is 5.22. The third-order valence-electron chi connectivity index (χ3n) is 5.22. The number of rotatable bonds is 6. The van der Waals surface area contributed by atoms with Crippen molar-refractivity contribution in [1.82, 2.24) is 19.9 Å². The molecule has 33 heavy (non-hydrogen) atoms. The molecule has 1 saturated heterocycles. The van der Waals surface area contributed by atoms with Crippen molar-refractivity contribution in [2.45, 2.75) is 38.8 Å². The number of piperidine rings is 1. The van der Waals surface area contributed by atoms with Gasteiger partial charge in [0.1, 0.15) is 5.69 Å². The number of pyridine rings is 2. The lowest BCUT2D eigenvalue weighted by molar-refractivity contribution is 0.102. The topological polar surface area (TPSA) is 145 Å². The van der Waals surface area contributed by atoms with Crippen LogP contribution in [-0.4, -0.2) is 51.1 Å². The smallest absolute Gasteiger partial charge is 0.276 e. The Balaban J connectivity index is 1.59. The first kappa shape index (κ1) is 22.4. The van der Waals surface area contributed by atoms with Gasteiger partial charge in [0.25, 0.3) is 5.91 Å². The zero-order chi connectivity index (χ0) is 23.4. The number of nitrogens with one attached hydrogen (secondary N) is 1. The van der Waals surface area contributed by atoms with Crippen molar-refractivity contribution in [3.05, 3.63) is 48.7 Å². The molecule has 172 valence electrons. The summed E-state index contributed by atoms with van der Waals surface area (Å²) in [5.74, 6) is -0.0562. The number of nitrogens with two attached hydrogens (primary N) is 2. The van der Waals surface area contributed by atoms with Crippen LogP contribution in [0, 0.1) is 0 Å². The van der Waals surface area contributed by atoms with Gasteiger partial charge in [0.15, 0.2) is 5.69 Å². The molecule has 1 amide bonds. The van der Waals surface area contributed by atoms with E-state index < -0.39 is 5.91 Å².